The number of aliphatic hydroxyl groups is 1. The van der Waals surface area contributed by atoms with Gasteiger partial charge in [0.25, 0.3) is 0 Å². The minimum atomic E-state index is 0.0112. The summed E-state index contributed by atoms with van der Waals surface area (Å²) in [6.45, 7) is 3.70. The molecule has 3 rings (SSSR count). The van der Waals surface area contributed by atoms with Crippen LogP contribution in [0.5, 0.6) is 5.75 Å². The van der Waals surface area contributed by atoms with Crippen molar-refractivity contribution in [3.05, 3.63) is 77.9 Å². The van der Waals surface area contributed by atoms with Crippen molar-refractivity contribution in [1.82, 2.24) is 14.9 Å². The summed E-state index contributed by atoms with van der Waals surface area (Å²) in [5.41, 5.74) is 3.29. The molecule has 2 N–H and O–H groups in total. The average Bonchev–Trinajstić information content (AvgIpc) is 3.02. The Morgan fingerprint density at radius 1 is 1.04 bits per heavy atom. The second kappa shape index (κ2) is 8.46. The van der Waals surface area contributed by atoms with Crippen LogP contribution in [-0.2, 0) is 13.1 Å². The van der Waals surface area contributed by atoms with E-state index in [0.717, 1.165) is 28.5 Å². The molecular formula is C20H23N3O2. The molecule has 0 amide bonds. The van der Waals surface area contributed by atoms with Crippen LogP contribution in [0.15, 0.2) is 60.8 Å². The lowest BCUT2D eigenvalue weighted by Crippen LogP contribution is -2.16. The van der Waals surface area contributed by atoms with E-state index in [4.69, 9.17) is 9.84 Å². The Morgan fingerprint density at radius 2 is 1.80 bits per heavy atom. The number of ether oxygens (including phenoxy) is 1. The third-order valence-corrected chi connectivity index (χ3v) is 3.97. The van der Waals surface area contributed by atoms with Gasteiger partial charge in [-0.15, -0.1) is 0 Å². The van der Waals surface area contributed by atoms with Gasteiger partial charge in [-0.25, -0.2) is 4.98 Å². The predicted octanol–water partition coefficient (Wildman–Crippen LogP) is 2.84. The van der Waals surface area contributed by atoms with Gasteiger partial charge in [0.1, 0.15) is 18.2 Å². The molecule has 2 aromatic carbocycles. The molecule has 1 heterocycles. The zero-order valence-electron chi connectivity index (χ0n) is 14.4. The van der Waals surface area contributed by atoms with Gasteiger partial charge in [0.15, 0.2) is 0 Å². The SMILES string of the molecule is Cc1ncc(CNCc2ccccc2OCCO)n1-c1ccccc1. The number of aryl methyl sites for hydroxylation is 1. The maximum absolute atomic E-state index is 8.93. The van der Waals surface area contributed by atoms with Crippen molar-refractivity contribution in [3.8, 4) is 11.4 Å². The standard InChI is InChI=1S/C20H23N3O2/c1-16-22-15-19(23(16)18-8-3-2-4-9-18)14-21-13-17-7-5-6-10-20(17)25-12-11-24/h2-10,15,21,24H,11-14H2,1H3. The fraction of sp³-hybridized carbons (Fsp3) is 0.250. The van der Waals surface area contributed by atoms with Gasteiger partial charge in [0.05, 0.1) is 18.5 Å². The largest absolute Gasteiger partial charge is 0.491 e. The summed E-state index contributed by atoms with van der Waals surface area (Å²) in [5.74, 6) is 1.77. The first kappa shape index (κ1) is 17.2. The maximum Gasteiger partial charge on any atom is 0.123 e. The van der Waals surface area contributed by atoms with Crippen molar-refractivity contribution in [3.63, 3.8) is 0 Å². The maximum atomic E-state index is 8.93. The van der Waals surface area contributed by atoms with E-state index in [1.54, 1.807) is 0 Å². The van der Waals surface area contributed by atoms with Crippen LogP contribution in [0.3, 0.4) is 0 Å². The first-order chi connectivity index (χ1) is 12.3. The van der Waals surface area contributed by atoms with Gasteiger partial charge in [-0.1, -0.05) is 36.4 Å². The Hall–Kier alpha value is -2.63. The summed E-state index contributed by atoms with van der Waals surface area (Å²) in [7, 11) is 0. The highest BCUT2D eigenvalue weighted by Gasteiger charge is 2.09. The molecular weight excluding hydrogens is 314 g/mol. The zero-order chi connectivity index (χ0) is 17.5. The van der Waals surface area contributed by atoms with Crippen LogP contribution < -0.4 is 10.1 Å². The molecule has 0 aliphatic carbocycles. The second-order valence-electron chi connectivity index (χ2n) is 5.75. The molecule has 0 radical (unpaired) electrons. The molecule has 0 fully saturated rings. The van der Waals surface area contributed by atoms with Crippen LogP contribution in [0.1, 0.15) is 17.1 Å². The molecule has 5 heteroatoms. The van der Waals surface area contributed by atoms with Crippen molar-refractivity contribution >= 4 is 0 Å². The number of nitrogens with zero attached hydrogens (tertiary/aromatic N) is 2. The lowest BCUT2D eigenvalue weighted by Gasteiger charge is -2.13. The highest BCUT2D eigenvalue weighted by Crippen LogP contribution is 2.18. The van der Waals surface area contributed by atoms with E-state index in [-0.39, 0.29) is 6.61 Å². The number of para-hydroxylation sites is 2. The number of aliphatic hydroxyl groups excluding tert-OH is 1. The molecule has 0 saturated carbocycles. The van der Waals surface area contributed by atoms with E-state index in [0.29, 0.717) is 19.7 Å². The lowest BCUT2D eigenvalue weighted by atomic mass is 10.2. The zero-order valence-corrected chi connectivity index (χ0v) is 14.4. The van der Waals surface area contributed by atoms with E-state index in [9.17, 15) is 0 Å². The van der Waals surface area contributed by atoms with Gasteiger partial charge in [-0.05, 0) is 25.1 Å². The van der Waals surface area contributed by atoms with Crippen LogP contribution in [0.2, 0.25) is 0 Å². The Balaban J connectivity index is 1.68. The fourth-order valence-corrected chi connectivity index (χ4v) is 2.82. The Labute approximate surface area is 147 Å². The topological polar surface area (TPSA) is 59.3 Å². The van der Waals surface area contributed by atoms with Gasteiger partial charge in [-0.2, -0.15) is 0 Å². The third-order valence-electron chi connectivity index (χ3n) is 3.97. The van der Waals surface area contributed by atoms with Gasteiger partial charge in [-0.3, -0.25) is 4.57 Å². The molecule has 1 aromatic heterocycles. The number of aromatic nitrogens is 2. The summed E-state index contributed by atoms with van der Waals surface area (Å²) in [4.78, 5) is 4.45. The molecule has 25 heavy (non-hydrogen) atoms. The second-order valence-corrected chi connectivity index (χ2v) is 5.75. The van der Waals surface area contributed by atoms with Crippen molar-refractivity contribution in [1.29, 1.82) is 0 Å². The van der Waals surface area contributed by atoms with Crippen LogP contribution >= 0.6 is 0 Å². The van der Waals surface area contributed by atoms with E-state index >= 15 is 0 Å². The monoisotopic (exact) mass is 337 g/mol. The van der Waals surface area contributed by atoms with E-state index in [2.05, 4.69) is 27.0 Å². The lowest BCUT2D eigenvalue weighted by molar-refractivity contribution is 0.200. The number of nitrogens with one attached hydrogen (secondary N) is 1. The van der Waals surface area contributed by atoms with Crippen LogP contribution in [0, 0.1) is 6.92 Å². The molecule has 0 atom stereocenters. The van der Waals surface area contributed by atoms with E-state index in [1.165, 1.54) is 0 Å². The number of imidazole rings is 1. The minimum Gasteiger partial charge on any atom is -0.491 e. The summed E-state index contributed by atoms with van der Waals surface area (Å²) < 4.78 is 7.73. The van der Waals surface area contributed by atoms with Crippen LogP contribution in [-0.4, -0.2) is 27.9 Å². The van der Waals surface area contributed by atoms with Crippen LogP contribution in [0.25, 0.3) is 5.69 Å². The summed E-state index contributed by atoms with van der Waals surface area (Å²) >= 11 is 0. The van der Waals surface area contributed by atoms with Gasteiger partial charge < -0.3 is 15.2 Å². The molecule has 0 spiro atoms. The summed E-state index contributed by atoms with van der Waals surface area (Å²) in [6.07, 6.45) is 1.91. The molecule has 0 unspecified atom stereocenters. The van der Waals surface area contributed by atoms with E-state index < -0.39 is 0 Å². The molecule has 130 valence electrons. The summed E-state index contributed by atoms with van der Waals surface area (Å²) in [5, 5.41) is 12.4. The molecule has 0 saturated heterocycles. The third kappa shape index (κ3) is 4.26. The number of rotatable bonds is 8. The highest BCUT2D eigenvalue weighted by atomic mass is 16.5. The van der Waals surface area contributed by atoms with Gasteiger partial charge in [0.2, 0.25) is 0 Å². The highest BCUT2D eigenvalue weighted by molar-refractivity contribution is 5.36. The molecule has 5 nitrogen and oxygen atoms in total. The van der Waals surface area contributed by atoms with Crippen molar-refractivity contribution < 1.29 is 9.84 Å². The molecule has 3 aromatic rings. The predicted molar refractivity (Wildman–Crippen MR) is 97.9 cm³/mol. The number of hydrogen-bond donors (Lipinski definition) is 2. The molecule has 0 bridgehead atoms. The van der Waals surface area contributed by atoms with Gasteiger partial charge in [0, 0.05) is 24.3 Å². The minimum absolute atomic E-state index is 0.0112. The Kier molecular flexibility index (Phi) is 5.82. The average molecular weight is 337 g/mol. The Bertz CT molecular complexity index is 800. The number of hydrogen-bond acceptors (Lipinski definition) is 4. The summed E-state index contributed by atoms with van der Waals surface area (Å²) in [6, 6.07) is 18.1. The van der Waals surface area contributed by atoms with Crippen molar-refractivity contribution in [2.45, 2.75) is 20.0 Å². The van der Waals surface area contributed by atoms with Gasteiger partial charge >= 0.3 is 0 Å². The smallest absolute Gasteiger partial charge is 0.123 e. The van der Waals surface area contributed by atoms with E-state index in [1.807, 2.05) is 55.6 Å². The quantitative estimate of drug-likeness (QED) is 0.664. The fourth-order valence-electron chi connectivity index (χ4n) is 2.82. The number of benzene rings is 2. The van der Waals surface area contributed by atoms with Crippen LogP contribution in [0.4, 0.5) is 0 Å². The first-order valence-corrected chi connectivity index (χ1v) is 8.40. The van der Waals surface area contributed by atoms with Crippen molar-refractivity contribution in [2.75, 3.05) is 13.2 Å². The normalized spacial score (nSPS) is 10.8. The molecule has 0 aliphatic heterocycles. The molecule has 0 aliphatic rings. The first-order valence-electron chi connectivity index (χ1n) is 8.40. The Morgan fingerprint density at radius 3 is 2.60 bits per heavy atom. The van der Waals surface area contributed by atoms with Crippen molar-refractivity contribution in [2.24, 2.45) is 0 Å².